The van der Waals surface area contributed by atoms with E-state index in [9.17, 15) is 9.59 Å². The Morgan fingerprint density at radius 3 is 2.60 bits per heavy atom. The molecule has 4 rings (SSSR count). The molecule has 2 aliphatic heterocycles. The lowest BCUT2D eigenvalue weighted by Gasteiger charge is -2.32. The van der Waals surface area contributed by atoms with E-state index in [1.54, 1.807) is 30.1 Å². The van der Waals surface area contributed by atoms with Gasteiger partial charge in [0.2, 0.25) is 11.8 Å². The Morgan fingerprint density at radius 2 is 1.92 bits per heavy atom. The highest BCUT2D eigenvalue weighted by Gasteiger charge is 2.58. The summed E-state index contributed by atoms with van der Waals surface area (Å²) in [5.41, 5.74) is 0.586. The highest BCUT2D eigenvalue weighted by Crippen LogP contribution is 2.56. The minimum Gasteiger partial charge on any atom is -0.313 e. The van der Waals surface area contributed by atoms with Crippen molar-refractivity contribution < 1.29 is 9.59 Å². The molecule has 1 aromatic carbocycles. The fourth-order valence-electron chi connectivity index (χ4n) is 3.89. The number of likely N-dealkylation sites (N-methyl/N-ethyl adjacent to an activating group) is 1. The van der Waals surface area contributed by atoms with Gasteiger partial charge in [0, 0.05) is 35.7 Å². The molecule has 1 spiro atoms. The van der Waals surface area contributed by atoms with Crippen LogP contribution in [0.15, 0.2) is 18.3 Å². The number of amides is 2. The average Bonchev–Trinajstić information content (AvgIpc) is 3.06. The van der Waals surface area contributed by atoms with Crippen LogP contribution in [0.4, 0.5) is 11.5 Å². The minimum atomic E-state index is -1.20. The van der Waals surface area contributed by atoms with Crippen LogP contribution in [0, 0.1) is 0 Å². The van der Waals surface area contributed by atoms with Crippen LogP contribution in [0.1, 0.15) is 37.4 Å². The van der Waals surface area contributed by atoms with Crippen molar-refractivity contribution in [2.45, 2.75) is 31.7 Å². The first-order valence-corrected chi connectivity index (χ1v) is 8.69. The smallest absolute Gasteiger partial charge is 0.242 e. The van der Waals surface area contributed by atoms with Gasteiger partial charge >= 0.3 is 0 Å². The first-order chi connectivity index (χ1) is 11.8. The van der Waals surface area contributed by atoms with Gasteiger partial charge in [0.15, 0.2) is 0 Å². The SMILES string of the molecule is CC(C)n1ncc2c1NC(=O)C[C@@]21C(=O)N(C)c2c(Cl)ccc(Cl)c21. The normalized spacial score (nSPS) is 21.8. The number of carbonyl (C=O) groups is 2. The summed E-state index contributed by atoms with van der Waals surface area (Å²) in [5.74, 6) is 0.0642. The molecule has 0 unspecified atom stereocenters. The summed E-state index contributed by atoms with van der Waals surface area (Å²) in [7, 11) is 1.65. The van der Waals surface area contributed by atoms with E-state index in [1.165, 1.54) is 4.90 Å². The minimum absolute atomic E-state index is 0.0278. The average molecular weight is 379 g/mol. The fourth-order valence-corrected chi connectivity index (χ4v) is 4.48. The third-order valence-corrected chi connectivity index (χ3v) is 5.56. The Balaban J connectivity index is 2.10. The molecule has 0 bridgehead atoms. The van der Waals surface area contributed by atoms with Crippen LogP contribution >= 0.6 is 23.2 Å². The molecule has 2 aliphatic rings. The molecule has 2 aromatic rings. The van der Waals surface area contributed by atoms with Gasteiger partial charge in [0.1, 0.15) is 11.2 Å². The van der Waals surface area contributed by atoms with Crippen molar-refractivity contribution in [3.8, 4) is 0 Å². The Hall–Kier alpha value is -2.05. The summed E-state index contributed by atoms with van der Waals surface area (Å²) < 4.78 is 1.71. The van der Waals surface area contributed by atoms with E-state index in [2.05, 4.69) is 10.4 Å². The van der Waals surface area contributed by atoms with Gasteiger partial charge in [-0.25, -0.2) is 4.68 Å². The summed E-state index contributed by atoms with van der Waals surface area (Å²) in [6, 6.07) is 3.35. The number of rotatable bonds is 1. The second kappa shape index (κ2) is 5.22. The number of aromatic nitrogens is 2. The lowest BCUT2D eigenvalue weighted by atomic mass is 9.71. The maximum absolute atomic E-state index is 13.3. The Morgan fingerprint density at radius 1 is 1.24 bits per heavy atom. The second-order valence-electron chi connectivity index (χ2n) is 6.69. The molecular weight excluding hydrogens is 363 g/mol. The van der Waals surface area contributed by atoms with Crippen molar-refractivity contribution >= 4 is 46.5 Å². The zero-order valence-electron chi connectivity index (χ0n) is 13.9. The molecule has 0 fully saturated rings. The first kappa shape index (κ1) is 16.4. The van der Waals surface area contributed by atoms with Gasteiger partial charge in [-0.15, -0.1) is 0 Å². The van der Waals surface area contributed by atoms with E-state index in [0.717, 1.165) is 0 Å². The molecule has 25 heavy (non-hydrogen) atoms. The number of hydrogen-bond donors (Lipinski definition) is 1. The van der Waals surface area contributed by atoms with Gasteiger partial charge in [-0.3, -0.25) is 9.59 Å². The molecule has 0 radical (unpaired) electrons. The van der Waals surface area contributed by atoms with E-state index in [0.29, 0.717) is 32.7 Å². The lowest BCUT2D eigenvalue weighted by Crippen LogP contribution is -2.45. The molecule has 0 saturated carbocycles. The predicted molar refractivity (Wildman–Crippen MR) is 96.5 cm³/mol. The molecule has 1 N–H and O–H groups in total. The fraction of sp³-hybridized carbons (Fsp3) is 0.353. The molecule has 1 aromatic heterocycles. The van der Waals surface area contributed by atoms with E-state index < -0.39 is 5.41 Å². The number of benzene rings is 1. The largest absolute Gasteiger partial charge is 0.313 e. The Kier molecular flexibility index (Phi) is 3.43. The summed E-state index contributed by atoms with van der Waals surface area (Å²) in [4.78, 5) is 27.3. The molecule has 130 valence electrons. The number of anilines is 2. The van der Waals surface area contributed by atoms with Crippen LogP contribution in [0.3, 0.4) is 0 Å². The Bertz CT molecular complexity index is 937. The van der Waals surface area contributed by atoms with Gasteiger partial charge in [0.05, 0.1) is 16.9 Å². The van der Waals surface area contributed by atoms with Gasteiger partial charge in [-0.1, -0.05) is 23.2 Å². The predicted octanol–water partition coefficient (Wildman–Crippen LogP) is 3.38. The molecule has 0 aliphatic carbocycles. The van der Waals surface area contributed by atoms with E-state index in [-0.39, 0.29) is 24.3 Å². The van der Waals surface area contributed by atoms with Crippen LogP contribution in [0.25, 0.3) is 0 Å². The number of carbonyl (C=O) groups excluding carboxylic acids is 2. The highest BCUT2D eigenvalue weighted by molar-refractivity contribution is 6.38. The molecule has 2 amide bonds. The quantitative estimate of drug-likeness (QED) is 0.826. The van der Waals surface area contributed by atoms with Gasteiger partial charge < -0.3 is 10.2 Å². The van der Waals surface area contributed by atoms with Crippen molar-refractivity contribution in [2.24, 2.45) is 0 Å². The van der Waals surface area contributed by atoms with Crippen molar-refractivity contribution in [2.75, 3.05) is 17.3 Å². The third-order valence-electron chi connectivity index (χ3n) is 4.94. The monoisotopic (exact) mass is 378 g/mol. The van der Waals surface area contributed by atoms with Crippen LogP contribution in [-0.2, 0) is 15.0 Å². The summed E-state index contributed by atoms with van der Waals surface area (Å²) in [6.07, 6.45) is 1.62. The number of fused-ring (bicyclic) bond motifs is 4. The summed E-state index contributed by atoms with van der Waals surface area (Å²) in [6.45, 7) is 3.92. The molecular formula is C17H16Cl2N4O2. The van der Waals surface area contributed by atoms with Crippen LogP contribution in [0.5, 0.6) is 0 Å². The molecule has 3 heterocycles. The zero-order chi connectivity index (χ0) is 18.1. The standard InChI is InChI=1S/C17H16Cl2N4O2/c1-8(2)23-15-9(7-20-23)17(6-12(24)21-15)13-10(18)4-5-11(19)14(13)22(3)16(17)25/h4-5,7-8H,6H2,1-3H3,(H,21,24)/t17-/m1/s1. The highest BCUT2D eigenvalue weighted by atomic mass is 35.5. The van der Waals surface area contributed by atoms with Crippen LogP contribution in [0.2, 0.25) is 10.0 Å². The maximum Gasteiger partial charge on any atom is 0.242 e. The van der Waals surface area contributed by atoms with Crippen molar-refractivity contribution in [1.82, 2.24) is 9.78 Å². The second-order valence-corrected chi connectivity index (χ2v) is 7.51. The van der Waals surface area contributed by atoms with Crippen molar-refractivity contribution in [3.63, 3.8) is 0 Å². The van der Waals surface area contributed by atoms with E-state index in [4.69, 9.17) is 23.2 Å². The molecule has 6 nitrogen and oxygen atoms in total. The van der Waals surface area contributed by atoms with Crippen molar-refractivity contribution in [1.29, 1.82) is 0 Å². The molecule has 0 saturated heterocycles. The number of nitrogens with one attached hydrogen (secondary N) is 1. The topological polar surface area (TPSA) is 67.2 Å². The molecule has 8 heteroatoms. The first-order valence-electron chi connectivity index (χ1n) is 7.93. The number of nitrogens with zero attached hydrogens (tertiary/aromatic N) is 3. The maximum atomic E-state index is 13.3. The van der Waals surface area contributed by atoms with Crippen LogP contribution in [-0.4, -0.2) is 28.6 Å². The van der Waals surface area contributed by atoms with Gasteiger partial charge in [-0.2, -0.15) is 5.10 Å². The van der Waals surface area contributed by atoms with Gasteiger partial charge in [-0.05, 0) is 26.0 Å². The van der Waals surface area contributed by atoms with Gasteiger partial charge in [0.25, 0.3) is 0 Å². The van der Waals surface area contributed by atoms with Crippen molar-refractivity contribution in [3.05, 3.63) is 39.5 Å². The van der Waals surface area contributed by atoms with E-state index in [1.807, 2.05) is 13.8 Å². The number of halogens is 2. The van der Waals surface area contributed by atoms with E-state index >= 15 is 0 Å². The summed E-state index contributed by atoms with van der Waals surface area (Å²) in [5, 5.41) is 8.09. The number of hydrogen-bond acceptors (Lipinski definition) is 3. The Labute approximate surface area is 154 Å². The lowest BCUT2D eigenvalue weighted by molar-refractivity contribution is -0.126. The third kappa shape index (κ3) is 1.95. The summed E-state index contributed by atoms with van der Waals surface area (Å²) >= 11 is 12.8. The van der Waals surface area contributed by atoms with Crippen LogP contribution < -0.4 is 10.2 Å². The zero-order valence-corrected chi connectivity index (χ0v) is 15.4. The molecule has 1 atom stereocenters.